The smallest absolute Gasteiger partial charge is 0.410 e. The molecule has 0 saturated carbocycles. The average Bonchev–Trinajstić information content (AvgIpc) is 2.27. The van der Waals surface area contributed by atoms with E-state index in [1.165, 1.54) is 4.90 Å². The van der Waals surface area contributed by atoms with Crippen LogP contribution >= 0.6 is 0 Å². The molecule has 1 fully saturated rings. The van der Waals surface area contributed by atoms with E-state index in [-0.39, 0.29) is 13.1 Å². The van der Waals surface area contributed by atoms with Gasteiger partial charge >= 0.3 is 18.0 Å². The number of aliphatic carboxylic acids is 1. The Hall–Kier alpha value is -1.44. The molecule has 0 aliphatic carbocycles. The summed E-state index contributed by atoms with van der Waals surface area (Å²) in [4.78, 5) is 23.4. The van der Waals surface area contributed by atoms with Crippen LogP contribution in [-0.2, 0) is 9.53 Å². The number of carboxylic acids is 1. The number of aliphatic hydroxyl groups is 1. The van der Waals surface area contributed by atoms with Gasteiger partial charge in [0, 0.05) is 25.9 Å². The first kappa shape index (κ1) is 16.6. The van der Waals surface area contributed by atoms with E-state index >= 15 is 0 Å². The van der Waals surface area contributed by atoms with Crippen LogP contribution in [0.15, 0.2) is 0 Å². The maximum absolute atomic E-state index is 13.4. The lowest BCUT2D eigenvalue weighted by atomic mass is 9.85. The van der Waals surface area contributed by atoms with Crippen molar-refractivity contribution in [1.29, 1.82) is 0 Å². The number of carbonyl (C=O) groups is 2. The van der Waals surface area contributed by atoms with Gasteiger partial charge in [-0.25, -0.2) is 9.59 Å². The van der Waals surface area contributed by atoms with Crippen LogP contribution in [-0.4, -0.2) is 57.4 Å². The summed E-state index contributed by atoms with van der Waals surface area (Å²) in [6, 6.07) is 0. The largest absolute Gasteiger partial charge is 0.477 e. The Labute approximate surface area is 115 Å². The van der Waals surface area contributed by atoms with Crippen LogP contribution in [0.3, 0.4) is 0 Å². The second-order valence-electron chi connectivity index (χ2n) is 5.88. The van der Waals surface area contributed by atoms with Gasteiger partial charge in [-0.1, -0.05) is 0 Å². The molecule has 20 heavy (non-hydrogen) atoms. The van der Waals surface area contributed by atoms with Gasteiger partial charge in [-0.3, -0.25) is 0 Å². The topological polar surface area (TPSA) is 87.1 Å². The molecule has 1 saturated heterocycles. The first-order chi connectivity index (χ1) is 8.89. The fourth-order valence-corrected chi connectivity index (χ4v) is 1.90. The van der Waals surface area contributed by atoms with E-state index in [0.29, 0.717) is 0 Å². The molecule has 2 N–H and O–H groups in total. The number of halogens is 2. The number of nitrogens with zero attached hydrogens (tertiary/aromatic N) is 1. The molecular formula is C12H19F2NO5. The Morgan fingerprint density at radius 2 is 1.65 bits per heavy atom. The van der Waals surface area contributed by atoms with Crippen molar-refractivity contribution < 1.29 is 33.3 Å². The van der Waals surface area contributed by atoms with Gasteiger partial charge in [0.2, 0.25) is 0 Å². The summed E-state index contributed by atoms with van der Waals surface area (Å²) in [6.07, 6.45) is -1.71. The fourth-order valence-electron chi connectivity index (χ4n) is 1.90. The Kier molecular flexibility index (Phi) is 4.28. The molecular weight excluding hydrogens is 276 g/mol. The predicted molar refractivity (Wildman–Crippen MR) is 64.6 cm³/mol. The quantitative estimate of drug-likeness (QED) is 0.805. The minimum atomic E-state index is -4.24. The second kappa shape index (κ2) is 5.16. The molecule has 0 spiro atoms. The summed E-state index contributed by atoms with van der Waals surface area (Å²) in [5.41, 5.74) is -3.35. The number of likely N-dealkylation sites (tertiary alicyclic amines) is 1. The lowest BCUT2D eigenvalue weighted by molar-refractivity contribution is -0.217. The number of carboxylic acid groups (broad SMARTS) is 1. The van der Waals surface area contributed by atoms with Gasteiger partial charge in [0.25, 0.3) is 0 Å². The fraction of sp³-hybridized carbons (Fsp3) is 0.833. The molecule has 0 aromatic carbocycles. The minimum absolute atomic E-state index is 0.186. The summed E-state index contributed by atoms with van der Waals surface area (Å²) in [6.45, 7) is 4.64. The van der Waals surface area contributed by atoms with Gasteiger partial charge in [0.15, 0.2) is 0 Å². The molecule has 8 heteroatoms. The van der Waals surface area contributed by atoms with Crippen molar-refractivity contribution in [3.8, 4) is 0 Å². The van der Waals surface area contributed by atoms with E-state index < -0.39 is 42.0 Å². The lowest BCUT2D eigenvalue weighted by Gasteiger charge is -2.40. The van der Waals surface area contributed by atoms with Crippen molar-refractivity contribution in [2.45, 2.75) is 50.7 Å². The molecule has 0 unspecified atom stereocenters. The average molecular weight is 295 g/mol. The van der Waals surface area contributed by atoms with Crippen LogP contribution in [0.5, 0.6) is 0 Å². The highest BCUT2D eigenvalue weighted by Crippen LogP contribution is 2.37. The number of carbonyl (C=O) groups excluding carboxylic acids is 1. The van der Waals surface area contributed by atoms with Gasteiger partial charge < -0.3 is 19.8 Å². The molecule has 1 aliphatic heterocycles. The molecule has 1 aliphatic rings. The SMILES string of the molecule is CC(C)(C)OC(=O)N1CCC(O)(C(F)(F)C(=O)O)CC1. The van der Waals surface area contributed by atoms with Crippen LogP contribution in [0.4, 0.5) is 13.6 Å². The third-order valence-corrected chi connectivity index (χ3v) is 3.10. The maximum Gasteiger partial charge on any atom is 0.410 e. The standard InChI is InChI=1S/C12H19F2NO5/c1-10(2,3)20-9(18)15-6-4-11(19,5-7-15)12(13,14)8(16)17/h19H,4-7H2,1-3H3,(H,16,17). The highest BCUT2D eigenvalue weighted by molar-refractivity contribution is 5.77. The van der Waals surface area contributed by atoms with Crippen LogP contribution < -0.4 is 0 Å². The summed E-state index contributed by atoms with van der Waals surface area (Å²) < 4.78 is 31.9. The highest BCUT2D eigenvalue weighted by Gasteiger charge is 2.59. The van der Waals surface area contributed by atoms with Crippen molar-refractivity contribution in [3.63, 3.8) is 0 Å². The summed E-state index contributed by atoms with van der Waals surface area (Å²) in [5.74, 6) is -6.61. The van der Waals surface area contributed by atoms with Gasteiger partial charge in [-0.2, -0.15) is 8.78 Å². The number of hydrogen-bond donors (Lipinski definition) is 2. The van der Waals surface area contributed by atoms with Crippen molar-refractivity contribution in [1.82, 2.24) is 4.90 Å². The Bertz CT molecular complexity index is 397. The van der Waals surface area contributed by atoms with E-state index in [1.807, 2.05) is 0 Å². The normalized spacial score (nSPS) is 19.6. The third-order valence-electron chi connectivity index (χ3n) is 3.10. The van der Waals surface area contributed by atoms with Gasteiger partial charge in [0.1, 0.15) is 11.2 Å². The Morgan fingerprint density at radius 1 is 1.20 bits per heavy atom. The zero-order valence-electron chi connectivity index (χ0n) is 11.7. The van der Waals surface area contributed by atoms with E-state index in [4.69, 9.17) is 9.84 Å². The molecule has 0 radical (unpaired) electrons. The second-order valence-corrected chi connectivity index (χ2v) is 5.88. The van der Waals surface area contributed by atoms with Crippen molar-refractivity contribution in [3.05, 3.63) is 0 Å². The monoisotopic (exact) mass is 295 g/mol. The highest BCUT2D eigenvalue weighted by atomic mass is 19.3. The maximum atomic E-state index is 13.4. The summed E-state index contributed by atoms with van der Waals surface area (Å²) >= 11 is 0. The van der Waals surface area contributed by atoms with Crippen LogP contribution in [0, 0.1) is 0 Å². The molecule has 1 heterocycles. The molecule has 1 rings (SSSR count). The van der Waals surface area contributed by atoms with Crippen molar-refractivity contribution >= 4 is 12.1 Å². The zero-order valence-corrected chi connectivity index (χ0v) is 11.7. The zero-order chi connectivity index (χ0) is 15.8. The van der Waals surface area contributed by atoms with Gasteiger partial charge in [-0.05, 0) is 20.8 Å². The number of ether oxygens (including phenoxy) is 1. The number of alkyl halides is 2. The van der Waals surface area contributed by atoms with E-state index in [0.717, 1.165) is 0 Å². The van der Waals surface area contributed by atoms with Crippen molar-refractivity contribution in [2.75, 3.05) is 13.1 Å². The van der Waals surface area contributed by atoms with Crippen molar-refractivity contribution in [2.24, 2.45) is 0 Å². The molecule has 0 aromatic heterocycles. The third kappa shape index (κ3) is 3.36. The van der Waals surface area contributed by atoms with Crippen LogP contribution in [0.25, 0.3) is 0 Å². The number of hydrogen-bond acceptors (Lipinski definition) is 4. The molecule has 0 bridgehead atoms. The Balaban J connectivity index is 2.68. The van der Waals surface area contributed by atoms with E-state index in [1.54, 1.807) is 20.8 Å². The summed E-state index contributed by atoms with van der Waals surface area (Å²) in [7, 11) is 0. The number of rotatable bonds is 2. The Morgan fingerprint density at radius 3 is 2.00 bits per heavy atom. The van der Waals surface area contributed by atoms with Gasteiger partial charge in [0.05, 0.1) is 0 Å². The van der Waals surface area contributed by atoms with Crippen LogP contribution in [0.2, 0.25) is 0 Å². The molecule has 116 valence electrons. The predicted octanol–water partition coefficient (Wildman–Crippen LogP) is 1.47. The van der Waals surface area contributed by atoms with Crippen LogP contribution in [0.1, 0.15) is 33.6 Å². The first-order valence-electron chi connectivity index (χ1n) is 6.20. The molecule has 0 aromatic rings. The summed E-state index contributed by atoms with van der Waals surface area (Å²) in [5, 5.41) is 18.3. The minimum Gasteiger partial charge on any atom is -0.477 e. The number of piperidine rings is 1. The molecule has 6 nitrogen and oxygen atoms in total. The number of amides is 1. The first-order valence-corrected chi connectivity index (χ1v) is 6.20. The molecule has 0 atom stereocenters. The van der Waals surface area contributed by atoms with Gasteiger partial charge in [-0.15, -0.1) is 0 Å². The molecule has 1 amide bonds. The lowest BCUT2D eigenvalue weighted by Crippen LogP contribution is -2.59. The van der Waals surface area contributed by atoms with E-state index in [9.17, 15) is 23.5 Å². The van der Waals surface area contributed by atoms with E-state index in [2.05, 4.69) is 0 Å².